The predicted molar refractivity (Wildman–Crippen MR) is 191 cm³/mol. The summed E-state index contributed by atoms with van der Waals surface area (Å²) in [5.41, 5.74) is 9.49. The van der Waals surface area contributed by atoms with Gasteiger partial charge in [0, 0.05) is 28.6 Å². The fourth-order valence-corrected chi connectivity index (χ4v) is 4.72. The molecule has 2 rings (SSSR count). The fraction of sp³-hybridized carbons (Fsp3) is 0.636. The highest BCUT2D eigenvalue weighted by Gasteiger charge is 2.36. The summed E-state index contributed by atoms with van der Waals surface area (Å²) in [5, 5.41) is 22.1. The van der Waals surface area contributed by atoms with Crippen molar-refractivity contribution in [1.82, 2.24) is 0 Å². The molecule has 0 bridgehead atoms. The molecule has 0 aromatic heterocycles. The standard InChI is InChI=1S/C16H27N.C10H22.C7H7NO2.ClH.N2.3H2O/c1-6-12(3)16(5,13(4)7-2)14-8-10-15(17)11-9-14;1-6-8(3)10(5)9(4)7-2;1-6-2-4-7(5-3-6)8(9)10;;1-2;;;/h8-13H,6-7,17H2,1-5H3;8-10H,6-7H2,1-5H3;2-5H,1H3;1H;;3*1H2/p+6. The summed E-state index contributed by atoms with van der Waals surface area (Å²) in [5.74, 6) is 4.06. The van der Waals surface area contributed by atoms with Gasteiger partial charge in [-0.25, -0.2) is 0 Å². The van der Waals surface area contributed by atoms with Gasteiger partial charge in [0.15, 0.2) is 0 Å². The van der Waals surface area contributed by atoms with Gasteiger partial charge in [-0.15, -0.1) is 12.4 Å². The van der Waals surface area contributed by atoms with Crippen LogP contribution >= 0.6 is 12.4 Å². The van der Waals surface area contributed by atoms with Gasteiger partial charge in [0.05, 0.1) is 4.92 Å². The third-order valence-electron chi connectivity index (χ3n) is 9.13. The Kier molecular flexibility index (Phi) is 34.4. The monoisotopic (exact) mass is 636 g/mol. The van der Waals surface area contributed by atoms with Crippen molar-refractivity contribution < 1.29 is 29.9 Å². The van der Waals surface area contributed by atoms with E-state index >= 15 is 0 Å². The van der Waals surface area contributed by atoms with Crippen molar-refractivity contribution in [2.45, 2.75) is 107 Å². The molecule has 0 aliphatic carbocycles. The van der Waals surface area contributed by atoms with Gasteiger partial charge >= 0.3 is 8.56 Å². The van der Waals surface area contributed by atoms with Crippen molar-refractivity contribution in [1.29, 1.82) is 10.8 Å². The van der Waals surface area contributed by atoms with Crippen LogP contribution in [0.4, 0.5) is 11.4 Å². The molecule has 0 heterocycles. The minimum Gasteiger partial charge on any atom is -0.412 e. The van der Waals surface area contributed by atoms with Crippen LogP contribution in [-0.2, 0) is 5.41 Å². The van der Waals surface area contributed by atoms with Crippen molar-refractivity contribution in [3.05, 3.63) is 69.8 Å². The van der Waals surface area contributed by atoms with E-state index in [9.17, 15) is 10.1 Å². The molecule has 0 spiro atoms. The first-order valence-corrected chi connectivity index (χ1v) is 14.6. The number of rotatable bonds is 10. The number of nitrogens with zero attached hydrogens (tertiary/aromatic N) is 3. The number of anilines is 1. The van der Waals surface area contributed by atoms with Crippen LogP contribution in [0.15, 0.2) is 48.5 Å². The van der Waals surface area contributed by atoms with Gasteiger partial charge in [-0.1, -0.05) is 125 Å². The number of nitrogen functional groups attached to an aromatic ring is 1. The lowest BCUT2D eigenvalue weighted by Gasteiger charge is -2.41. The maximum absolute atomic E-state index is 10.1. The first-order valence-electron chi connectivity index (χ1n) is 14.6. The summed E-state index contributed by atoms with van der Waals surface area (Å²) >= 11 is 0. The maximum atomic E-state index is 10.1. The summed E-state index contributed by atoms with van der Waals surface area (Å²) in [6.45, 7) is 25.2. The molecule has 9 nitrogen and oxygen atoms in total. The van der Waals surface area contributed by atoms with Crippen LogP contribution in [0.2, 0.25) is 0 Å². The fourth-order valence-electron chi connectivity index (χ4n) is 4.72. The Morgan fingerprint density at radius 1 is 0.767 bits per heavy atom. The normalized spacial score (nSPS) is 14.2. The zero-order chi connectivity index (χ0) is 30.8. The van der Waals surface area contributed by atoms with E-state index in [1.54, 1.807) is 12.1 Å². The lowest BCUT2D eigenvalue weighted by Crippen LogP contribution is -2.36. The summed E-state index contributed by atoms with van der Waals surface area (Å²) in [7, 11) is 0. The van der Waals surface area contributed by atoms with Crippen molar-refractivity contribution in [3.63, 3.8) is 0 Å². The number of nitro groups is 1. The Bertz CT molecular complexity index is 949. The second kappa shape index (κ2) is 28.0. The second-order valence-corrected chi connectivity index (χ2v) is 11.2. The number of hydrogen-bond acceptors (Lipinski definition) is 5. The van der Waals surface area contributed by atoms with Crippen molar-refractivity contribution in [2.75, 3.05) is 5.73 Å². The van der Waals surface area contributed by atoms with Crippen LogP contribution in [0.3, 0.4) is 0 Å². The van der Waals surface area contributed by atoms with E-state index in [-0.39, 0.29) is 48.5 Å². The van der Waals surface area contributed by atoms with E-state index < -0.39 is 4.92 Å². The molecule has 0 radical (unpaired) electrons. The largest absolute Gasteiger partial charge is 1.00 e. The molecule has 0 aliphatic heterocycles. The molecular formula is C33H69ClN4O5+6. The molecule has 0 aliphatic rings. The first kappa shape index (κ1) is 52.8. The summed E-state index contributed by atoms with van der Waals surface area (Å²) < 4.78 is 0. The van der Waals surface area contributed by atoms with Crippen molar-refractivity contribution in [3.8, 4) is 0 Å². The van der Waals surface area contributed by atoms with Crippen LogP contribution in [-0.4, -0.2) is 21.4 Å². The molecule has 252 valence electrons. The minimum atomic E-state index is -0.403. The molecule has 0 saturated carbocycles. The Labute approximate surface area is 276 Å². The van der Waals surface area contributed by atoms with Gasteiger partial charge in [0.25, 0.3) is 5.69 Å². The number of halogens is 1. The van der Waals surface area contributed by atoms with E-state index in [1.807, 2.05) is 19.1 Å². The molecular weight excluding hydrogens is 568 g/mol. The van der Waals surface area contributed by atoms with Crippen LogP contribution < -0.4 is 5.73 Å². The molecule has 2 aromatic carbocycles. The summed E-state index contributed by atoms with van der Waals surface area (Å²) in [6, 6.07) is 14.9. The van der Waals surface area contributed by atoms with Gasteiger partial charge in [-0.2, -0.15) is 0 Å². The summed E-state index contributed by atoms with van der Waals surface area (Å²) in [6.07, 6.45) is 5.08. The zero-order valence-electron chi connectivity index (χ0n) is 34.5. The van der Waals surface area contributed by atoms with Gasteiger partial charge in [0.1, 0.15) is 0 Å². The van der Waals surface area contributed by atoms with E-state index in [4.69, 9.17) is 16.5 Å². The van der Waals surface area contributed by atoms with E-state index in [0.717, 1.165) is 29.0 Å². The van der Waals surface area contributed by atoms with Crippen LogP contribution in [0.25, 0.3) is 0 Å². The summed E-state index contributed by atoms with van der Waals surface area (Å²) in [4.78, 5) is 9.71. The SMILES string of the molecule is CCC(C)C(C)(c1ccc(N)cc1)C(C)CC.CCC(C)C(C)C(C)CC.Cc1ccc([N+](=O)[O-])cc1.Cl.N#N.O.O.O.[H+].[H+].[H+].[H+].[H+].[H+]. The second-order valence-electron chi connectivity index (χ2n) is 11.2. The first-order chi connectivity index (χ1) is 18.3. The highest BCUT2D eigenvalue weighted by Crippen LogP contribution is 2.42. The van der Waals surface area contributed by atoms with Crippen LogP contribution in [0.5, 0.6) is 0 Å². The predicted octanol–water partition coefficient (Wildman–Crippen LogP) is 8.89. The van der Waals surface area contributed by atoms with Gasteiger partial charge in [0.2, 0.25) is 0 Å². The number of hydrogen-bond donors (Lipinski definition) is 1. The number of non-ortho nitro benzene ring substituents is 1. The highest BCUT2D eigenvalue weighted by atomic mass is 35.5. The van der Waals surface area contributed by atoms with Crippen molar-refractivity contribution in [2.24, 2.45) is 29.6 Å². The number of benzene rings is 2. The highest BCUT2D eigenvalue weighted by molar-refractivity contribution is 5.85. The minimum absolute atomic E-state index is 0. The number of aryl methyl sites for hydroxylation is 1. The van der Waals surface area contributed by atoms with E-state index in [0.29, 0.717) is 11.8 Å². The Hall–Kier alpha value is -2.77. The molecule has 0 saturated heterocycles. The smallest absolute Gasteiger partial charge is 0.412 e. The lowest BCUT2D eigenvalue weighted by atomic mass is 9.63. The molecule has 0 amide bonds. The van der Waals surface area contributed by atoms with Crippen LogP contribution in [0.1, 0.15) is 115 Å². The molecule has 0 fully saturated rings. The Morgan fingerprint density at radius 2 is 1.12 bits per heavy atom. The van der Waals surface area contributed by atoms with Gasteiger partial charge in [-0.3, -0.25) is 10.1 Å². The lowest BCUT2D eigenvalue weighted by molar-refractivity contribution is -0.384. The molecule has 2 aromatic rings. The zero-order valence-corrected chi connectivity index (χ0v) is 29.3. The molecule has 8 N–H and O–H groups in total. The molecule has 43 heavy (non-hydrogen) atoms. The Morgan fingerprint density at radius 3 is 1.40 bits per heavy atom. The topological polar surface area (TPSA) is 211 Å². The van der Waals surface area contributed by atoms with E-state index in [2.05, 4.69) is 81.4 Å². The molecule has 4 atom stereocenters. The maximum Gasteiger partial charge on any atom is 1.00 e. The quantitative estimate of drug-likeness (QED) is 0.117. The number of nitrogens with two attached hydrogens (primary N) is 1. The third-order valence-corrected chi connectivity index (χ3v) is 9.13. The number of nitro benzene ring substituents is 1. The third kappa shape index (κ3) is 17.8. The van der Waals surface area contributed by atoms with Crippen molar-refractivity contribution >= 4 is 23.8 Å². The molecule has 10 heteroatoms. The van der Waals surface area contributed by atoms with Crippen LogP contribution in [0, 0.1) is 57.4 Å². The average Bonchev–Trinajstić information content (AvgIpc) is 2.96. The average molecular weight is 637 g/mol. The van der Waals surface area contributed by atoms with E-state index in [1.165, 1.54) is 43.4 Å². The van der Waals surface area contributed by atoms with Gasteiger partial charge in [-0.05, 0) is 59.6 Å². The Balaban J connectivity index is -0.0000000385. The van der Waals surface area contributed by atoms with Gasteiger partial charge < -0.3 is 22.2 Å². The molecule has 4 unspecified atom stereocenters.